The van der Waals surface area contributed by atoms with Gasteiger partial charge in [-0.1, -0.05) is 6.07 Å². The quantitative estimate of drug-likeness (QED) is 0.632. The molecule has 0 amide bonds. The van der Waals surface area contributed by atoms with E-state index in [4.69, 9.17) is 9.47 Å². The van der Waals surface area contributed by atoms with Crippen LogP contribution < -0.4 is 4.74 Å². The number of esters is 1. The zero-order valence-electron chi connectivity index (χ0n) is 17.9. The Balaban J connectivity index is 1.59. The Labute approximate surface area is 184 Å². The number of hydrogen-bond donors (Lipinski definition) is 1. The predicted octanol–water partition coefficient (Wildman–Crippen LogP) is 3.92. The van der Waals surface area contributed by atoms with Crippen molar-refractivity contribution in [1.29, 1.82) is 5.26 Å². The third kappa shape index (κ3) is 3.23. The van der Waals surface area contributed by atoms with Gasteiger partial charge in [0.25, 0.3) is 0 Å². The average Bonchev–Trinajstić information content (AvgIpc) is 3.36. The molecule has 1 aromatic carbocycles. The first-order valence-electron chi connectivity index (χ1n) is 10.4. The number of benzene rings is 1. The standard InChI is InChI=1S/C24H21N5O3/c1-12(2)32-20-7-5-15(10-26-20)23-16-8-14(4-6-18(16)28-29-23)21-17(9-25)13(3)27-19-11-31-24(30)22(19)21/h4-8,10,12,17,21H,11H2,1-3H3,(H,28,29). The van der Waals surface area contributed by atoms with Crippen molar-refractivity contribution in [3.05, 3.63) is 53.4 Å². The monoisotopic (exact) mass is 427 g/mol. The van der Waals surface area contributed by atoms with Crippen LogP contribution in [0.2, 0.25) is 0 Å². The molecular formula is C24H21N5O3. The van der Waals surface area contributed by atoms with Crippen molar-refractivity contribution in [2.75, 3.05) is 6.61 Å². The topological polar surface area (TPSA) is 113 Å². The Kier molecular flexibility index (Phi) is 4.74. The van der Waals surface area contributed by atoms with Crippen LogP contribution in [-0.2, 0) is 9.53 Å². The van der Waals surface area contributed by atoms with Gasteiger partial charge in [0, 0.05) is 34.8 Å². The Morgan fingerprint density at radius 1 is 1.28 bits per heavy atom. The SMILES string of the molecule is CC1=NC2=C(C(=O)OC2)C(c2ccc3[nH]nc(-c4ccc(OC(C)C)nc4)c3c2)C1C#N. The molecule has 2 unspecified atom stereocenters. The van der Waals surface area contributed by atoms with E-state index in [0.29, 0.717) is 22.9 Å². The Morgan fingerprint density at radius 3 is 2.84 bits per heavy atom. The number of aliphatic imine (C=N–C) groups is 1. The summed E-state index contributed by atoms with van der Waals surface area (Å²) >= 11 is 0. The van der Waals surface area contributed by atoms with Crippen molar-refractivity contribution >= 4 is 22.6 Å². The number of nitrogens with one attached hydrogen (secondary N) is 1. The van der Waals surface area contributed by atoms with Crippen molar-refractivity contribution in [2.24, 2.45) is 10.9 Å². The highest BCUT2D eigenvalue weighted by atomic mass is 16.5. The van der Waals surface area contributed by atoms with Gasteiger partial charge in [-0.15, -0.1) is 0 Å². The molecule has 32 heavy (non-hydrogen) atoms. The maximum atomic E-state index is 12.5. The largest absolute Gasteiger partial charge is 0.475 e. The summed E-state index contributed by atoms with van der Waals surface area (Å²) in [5.74, 6) is -0.827. The van der Waals surface area contributed by atoms with Gasteiger partial charge in [-0.05, 0) is 44.5 Å². The van der Waals surface area contributed by atoms with Gasteiger partial charge < -0.3 is 9.47 Å². The van der Waals surface area contributed by atoms with Gasteiger partial charge in [0.2, 0.25) is 5.88 Å². The first-order chi connectivity index (χ1) is 15.5. The highest BCUT2D eigenvalue weighted by Gasteiger charge is 2.42. The lowest BCUT2D eigenvalue weighted by atomic mass is 9.76. The van der Waals surface area contributed by atoms with E-state index in [0.717, 1.165) is 27.7 Å². The first-order valence-corrected chi connectivity index (χ1v) is 10.4. The molecule has 2 aliphatic rings. The van der Waals surface area contributed by atoms with E-state index in [1.165, 1.54) is 0 Å². The van der Waals surface area contributed by atoms with E-state index >= 15 is 0 Å². The zero-order chi connectivity index (χ0) is 22.4. The fourth-order valence-electron chi connectivity index (χ4n) is 4.30. The molecule has 2 aromatic heterocycles. The number of hydrogen-bond acceptors (Lipinski definition) is 7. The second-order valence-corrected chi connectivity index (χ2v) is 8.20. The highest BCUT2D eigenvalue weighted by molar-refractivity contribution is 6.01. The average molecular weight is 427 g/mol. The van der Waals surface area contributed by atoms with Crippen molar-refractivity contribution in [3.63, 3.8) is 0 Å². The number of fused-ring (bicyclic) bond motifs is 1. The number of carbonyl (C=O) groups is 1. The molecule has 0 aliphatic carbocycles. The number of nitriles is 1. The third-order valence-electron chi connectivity index (χ3n) is 5.73. The van der Waals surface area contributed by atoms with E-state index in [2.05, 4.69) is 26.2 Å². The molecule has 8 heteroatoms. The number of aromatic nitrogens is 3. The smallest absolute Gasteiger partial charge is 0.337 e. The van der Waals surface area contributed by atoms with Gasteiger partial charge in [0.1, 0.15) is 12.3 Å². The number of ether oxygens (including phenoxy) is 2. The van der Waals surface area contributed by atoms with Crippen LogP contribution in [-0.4, -0.2) is 39.6 Å². The second-order valence-electron chi connectivity index (χ2n) is 8.20. The maximum absolute atomic E-state index is 12.5. The Bertz CT molecular complexity index is 1330. The van der Waals surface area contributed by atoms with Crippen molar-refractivity contribution in [2.45, 2.75) is 32.8 Å². The molecule has 0 bridgehead atoms. The predicted molar refractivity (Wildman–Crippen MR) is 118 cm³/mol. The lowest BCUT2D eigenvalue weighted by Crippen LogP contribution is -2.26. The maximum Gasteiger partial charge on any atom is 0.337 e. The fraction of sp³-hybridized carbons (Fsp3) is 0.292. The van der Waals surface area contributed by atoms with Crippen LogP contribution in [0, 0.1) is 17.2 Å². The number of carbonyl (C=O) groups excluding carboxylic acids is 1. The lowest BCUT2D eigenvalue weighted by molar-refractivity contribution is -0.136. The molecule has 3 aromatic rings. The van der Waals surface area contributed by atoms with Crippen LogP contribution in [0.4, 0.5) is 0 Å². The molecule has 160 valence electrons. The van der Waals surface area contributed by atoms with E-state index < -0.39 is 17.8 Å². The normalized spacial score (nSPS) is 20.2. The summed E-state index contributed by atoms with van der Waals surface area (Å²) in [6.45, 7) is 5.87. The molecule has 1 N–H and O–H groups in total. The van der Waals surface area contributed by atoms with Gasteiger partial charge in [-0.2, -0.15) is 10.4 Å². The molecule has 0 saturated heterocycles. The minimum Gasteiger partial charge on any atom is -0.475 e. The molecule has 5 rings (SSSR count). The van der Waals surface area contributed by atoms with Gasteiger partial charge in [0.15, 0.2) is 0 Å². The third-order valence-corrected chi connectivity index (χ3v) is 5.73. The molecule has 0 saturated carbocycles. The van der Waals surface area contributed by atoms with Crippen molar-refractivity contribution in [3.8, 4) is 23.2 Å². The van der Waals surface area contributed by atoms with Crippen molar-refractivity contribution < 1.29 is 14.3 Å². The summed E-state index contributed by atoms with van der Waals surface area (Å²) in [5, 5.41) is 18.3. The molecule has 0 spiro atoms. The molecule has 4 heterocycles. The second kappa shape index (κ2) is 7.61. The summed E-state index contributed by atoms with van der Waals surface area (Å²) in [6, 6.07) is 11.9. The molecule has 0 radical (unpaired) electrons. The van der Waals surface area contributed by atoms with Gasteiger partial charge in [0.05, 0.1) is 34.9 Å². The Morgan fingerprint density at radius 2 is 2.12 bits per heavy atom. The van der Waals surface area contributed by atoms with E-state index in [1.54, 1.807) is 6.20 Å². The number of aromatic amines is 1. The van der Waals surface area contributed by atoms with Crippen LogP contribution in [0.5, 0.6) is 5.88 Å². The fourth-order valence-corrected chi connectivity index (χ4v) is 4.30. The number of cyclic esters (lactones) is 1. The summed E-state index contributed by atoms with van der Waals surface area (Å²) in [5.41, 5.74) is 5.05. The van der Waals surface area contributed by atoms with Crippen LogP contribution in [0.15, 0.2) is 52.8 Å². The van der Waals surface area contributed by atoms with E-state index in [1.807, 2.05) is 51.1 Å². The van der Waals surface area contributed by atoms with Gasteiger partial charge in [-0.3, -0.25) is 10.1 Å². The van der Waals surface area contributed by atoms with Crippen LogP contribution in [0.1, 0.15) is 32.3 Å². The Hall–Kier alpha value is -3.99. The van der Waals surface area contributed by atoms with Crippen LogP contribution in [0.25, 0.3) is 22.2 Å². The summed E-state index contributed by atoms with van der Waals surface area (Å²) < 4.78 is 10.9. The lowest BCUT2D eigenvalue weighted by Gasteiger charge is -2.26. The first kappa shape index (κ1) is 19.9. The minimum absolute atomic E-state index is 0.0409. The van der Waals surface area contributed by atoms with E-state index in [-0.39, 0.29) is 12.7 Å². The minimum atomic E-state index is -0.540. The van der Waals surface area contributed by atoms with Gasteiger partial charge >= 0.3 is 5.97 Å². The number of rotatable bonds is 4. The highest BCUT2D eigenvalue weighted by Crippen LogP contribution is 2.42. The van der Waals surface area contributed by atoms with Crippen LogP contribution >= 0.6 is 0 Å². The molecule has 2 aliphatic heterocycles. The molecule has 0 fully saturated rings. The van der Waals surface area contributed by atoms with Gasteiger partial charge in [-0.25, -0.2) is 9.78 Å². The van der Waals surface area contributed by atoms with E-state index in [9.17, 15) is 10.1 Å². The molecule has 8 nitrogen and oxygen atoms in total. The van der Waals surface area contributed by atoms with Crippen LogP contribution in [0.3, 0.4) is 0 Å². The zero-order valence-corrected chi connectivity index (χ0v) is 17.9. The number of nitrogens with zero attached hydrogens (tertiary/aromatic N) is 4. The summed E-state index contributed by atoms with van der Waals surface area (Å²) in [7, 11) is 0. The van der Waals surface area contributed by atoms with Crippen molar-refractivity contribution in [1.82, 2.24) is 15.2 Å². The summed E-state index contributed by atoms with van der Waals surface area (Å²) in [6.07, 6.45) is 1.77. The number of H-pyrrole nitrogens is 1. The molecular weight excluding hydrogens is 406 g/mol. The molecule has 2 atom stereocenters. The number of pyridine rings is 1. The summed E-state index contributed by atoms with van der Waals surface area (Å²) in [4.78, 5) is 21.3.